The molecular weight excluding hydrogens is 292 g/mol. The Labute approximate surface area is 122 Å². The van der Waals surface area contributed by atoms with Gasteiger partial charge in [0.25, 0.3) is 5.56 Å². The molecule has 108 valence electrons. The monoisotopic (exact) mass is 304 g/mol. The number of hydrogen-bond acceptors (Lipinski definition) is 6. The van der Waals surface area contributed by atoms with Crippen molar-refractivity contribution in [2.45, 2.75) is 23.8 Å². The van der Waals surface area contributed by atoms with Gasteiger partial charge in [0, 0.05) is 12.2 Å². The van der Waals surface area contributed by atoms with E-state index in [2.05, 4.69) is 20.2 Å². The van der Waals surface area contributed by atoms with Crippen LogP contribution in [0.2, 0.25) is 0 Å². The van der Waals surface area contributed by atoms with Gasteiger partial charge in [-0.2, -0.15) is 0 Å². The van der Waals surface area contributed by atoms with Gasteiger partial charge in [-0.25, -0.2) is 14.9 Å². The molecular formula is C12H12N6O2S. The van der Waals surface area contributed by atoms with Crippen molar-refractivity contribution in [1.29, 1.82) is 0 Å². The van der Waals surface area contributed by atoms with Gasteiger partial charge >= 0.3 is 5.69 Å². The minimum Gasteiger partial charge on any atom is -0.399 e. The SMILES string of the molecule is CCn1c(Sc2nc3ccc(N)cc3c(=O)[nH]2)n[nH]c1=O. The second-order valence-corrected chi connectivity index (χ2v) is 5.26. The Hall–Kier alpha value is -2.55. The molecule has 0 atom stereocenters. The molecule has 3 aromatic rings. The molecule has 3 rings (SSSR count). The lowest BCUT2D eigenvalue weighted by molar-refractivity contribution is 0.659. The van der Waals surface area contributed by atoms with E-state index in [4.69, 9.17) is 5.73 Å². The number of aromatic amines is 2. The minimum absolute atomic E-state index is 0.282. The highest BCUT2D eigenvalue weighted by Crippen LogP contribution is 2.22. The predicted molar refractivity (Wildman–Crippen MR) is 79.4 cm³/mol. The Bertz CT molecular complexity index is 925. The van der Waals surface area contributed by atoms with Crippen LogP contribution in [0.3, 0.4) is 0 Å². The van der Waals surface area contributed by atoms with Crippen LogP contribution in [0.25, 0.3) is 10.9 Å². The number of aromatic nitrogens is 5. The van der Waals surface area contributed by atoms with Crippen LogP contribution in [0.1, 0.15) is 6.92 Å². The number of anilines is 1. The highest BCUT2D eigenvalue weighted by atomic mass is 32.2. The fourth-order valence-electron chi connectivity index (χ4n) is 1.93. The number of hydrogen-bond donors (Lipinski definition) is 3. The molecule has 0 radical (unpaired) electrons. The Balaban J connectivity index is 2.07. The predicted octanol–water partition coefficient (Wildman–Crippen LogP) is 0.561. The molecule has 4 N–H and O–H groups in total. The highest BCUT2D eigenvalue weighted by Gasteiger charge is 2.11. The summed E-state index contributed by atoms with van der Waals surface area (Å²) in [6, 6.07) is 4.94. The van der Waals surface area contributed by atoms with Gasteiger partial charge in [-0.15, -0.1) is 5.10 Å². The van der Waals surface area contributed by atoms with E-state index in [0.717, 1.165) is 11.8 Å². The lowest BCUT2D eigenvalue weighted by Gasteiger charge is -2.03. The molecule has 9 heteroatoms. The highest BCUT2D eigenvalue weighted by molar-refractivity contribution is 7.99. The molecule has 0 saturated carbocycles. The molecule has 2 aromatic heterocycles. The normalized spacial score (nSPS) is 11.1. The number of H-pyrrole nitrogens is 2. The van der Waals surface area contributed by atoms with Gasteiger partial charge in [0.1, 0.15) is 0 Å². The standard InChI is InChI=1S/C12H12N6O2S/c1-2-18-11(20)16-17-12(18)21-10-14-8-4-3-6(13)5-7(8)9(19)15-10/h3-5H,2,13H2,1H3,(H,16,20)(H,14,15,19). The van der Waals surface area contributed by atoms with Gasteiger partial charge in [0.2, 0.25) is 0 Å². The van der Waals surface area contributed by atoms with E-state index in [1.54, 1.807) is 18.2 Å². The molecule has 0 saturated heterocycles. The number of benzene rings is 1. The Kier molecular flexibility index (Phi) is 3.26. The van der Waals surface area contributed by atoms with Crippen LogP contribution in [0, 0.1) is 0 Å². The average Bonchev–Trinajstić information content (AvgIpc) is 2.80. The fraction of sp³-hybridized carbons (Fsp3) is 0.167. The third-order valence-electron chi connectivity index (χ3n) is 2.94. The molecule has 2 heterocycles. The topological polar surface area (TPSA) is 122 Å². The number of rotatable bonds is 3. The molecule has 0 aliphatic heterocycles. The summed E-state index contributed by atoms with van der Waals surface area (Å²) in [6.45, 7) is 2.31. The largest absolute Gasteiger partial charge is 0.399 e. The van der Waals surface area contributed by atoms with Gasteiger partial charge in [0.15, 0.2) is 10.3 Å². The summed E-state index contributed by atoms with van der Waals surface area (Å²) >= 11 is 1.12. The molecule has 0 aliphatic carbocycles. The van der Waals surface area contributed by atoms with Gasteiger partial charge in [-0.05, 0) is 36.9 Å². The number of nitrogens with one attached hydrogen (secondary N) is 2. The molecule has 21 heavy (non-hydrogen) atoms. The summed E-state index contributed by atoms with van der Waals surface area (Å²) in [5.41, 5.74) is 6.12. The first-order valence-corrected chi connectivity index (χ1v) is 7.02. The summed E-state index contributed by atoms with van der Waals surface area (Å²) in [5.74, 6) is 0. The van der Waals surface area contributed by atoms with Crippen molar-refractivity contribution >= 4 is 28.4 Å². The van der Waals surface area contributed by atoms with Crippen molar-refractivity contribution < 1.29 is 0 Å². The maximum atomic E-state index is 12.0. The zero-order chi connectivity index (χ0) is 15.0. The van der Waals surface area contributed by atoms with E-state index < -0.39 is 0 Å². The number of nitrogens with two attached hydrogens (primary N) is 1. The van der Waals surface area contributed by atoms with Crippen LogP contribution in [0.15, 0.2) is 38.1 Å². The molecule has 0 unspecified atom stereocenters. The molecule has 0 amide bonds. The number of nitrogens with zero attached hydrogens (tertiary/aromatic N) is 3. The first-order chi connectivity index (χ1) is 10.1. The van der Waals surface area contributed by atoms with Gasteiger partial charge < -0.3 is 10.7 Å². The first kappa shape index (κ1) is 13.4. The molecule has 0 fully saturated rings. The van der Waals surface area contributed by atoms with Gasteiger partial charge in [-0.1, -0.05) is 0 Å². The van der Waals surface area contributed by atoms with Crippen LogP contribution in [0.5, 0.6) is 0 Å². The van der Waals surface area contributed by atoms with Crippen LogP contribution < -0.4 is 17.0 Å². The lowest BCUT2D eigenvalue weighted by atomic mass is 10.2. The Morgan fingerprint density at radius 1 is 1.38 bits per heavy atom. The second-order valence-electron chi connectivity index (χ2n) is 4.31. The van der Waals surface area contributed by atoms with Gasteiger partial charge in [-0.3, -0.25) is 9.36 Å². The lowest BCUT2D eigenvalue weighted by Crippen LogP contribution is -2.16. The number of fused-ring (bicyclic) bond motifs is 1. The zero-order valence-electron chi connectivity index (χ0n) is 11.1. The van der Waals surface area contributed by atoms with Crippen molar-refractivity contribution in [3.63, 3.8) is 0 Å². The van der Waals surface area contributed by atoms with Gasteiger partial charge in [0.05, 0.1) is 10.9 Å². The van der Waals surface area contributed by atoms with E-state index in [1.165, 1.54) is 4.57 Å². The van der Waals surface area contributed by atoms with E-state index in [0.29, 0.717) is 33.4 Å². The summed E-state index contributed by atoms with van der Waals surface area (Å²) in [5, 5.41) is 7.52. The van der Waals surface area contributed by atoms with Crippen LogP contribution in [0.4, 0.5) is 5.69 Å². The van der Waals surface area contributed by atoms with Crippen LogP contribution in [-0.4, -0.2) is 24.7 Å². The Morgan fingerprint density at radius 3 is 2.95 bits per heavy atom. The molecule has 1 aromatic carbocycles. The molecule has 0 aliphatic rings. The molecule has 0 bridgehead atoms. The molecule has 0 spiro atoms. The zero-order valence-corrected chi connectivity index (χ0v) is 11.9. The van der Waals surface area contributed by atoms with E-state index in [-0.39, 0.29) is 11.2 Å². The average molecular weight is 304 g/mol. The smallest absolute Gasteiger partial charge is 0.343 e. The molecule has 8 nitrogen and oxygen atoms in total. The van der Waals surface area contributed by atoms with Crippen molar-refractivity contribution in [3.8, 4) is 0 Å². The maximum Gasteiger partial charge on any atom is 0.343 e. The van der Waals surface area contributed by atoms with Crippen LogP contribution >= 0.6 is 11.8 Å². The minimum atomic E-state index is -0.295. The summed E-state index contributed by atoms with van der Waals surface area (Å²) in [4.78, 5) is 30.5. The van der Waals surface area contributed by atoms with E-state index in [9.17, 15) is 9.59 Å². The van der Waals surface area contributed by atoms with Crippen molar-refractivity contribution in [2.75, 3.05) is 5.73 Å². The van der Waals surface area contributed by atoms with E-state index in [1.807, 2.05) is 6.92 Å². The van der Waals surface area contributed by atoms with E-state index >= 15 is 0 Å². The quantitative estimate of drug-likeness (QED) is 0.480. The maximum absolute atomic E-state index is 12.0. The fourth-order valence-corrected chi connectivity index (χ4v) is 2.80. The van der Waals surface area contributed by atoms with Crippen molar-refractivity contribution in [2.24, 2.45) is 0 Å². The number of nitrogen functional groups attached to an aromatic ring is 1. The van der Waals surface area contributed by atoms with Crippen LogP contribution in [-0.2, 0) is 6.54 Å². The summed E-state index contributed by atoms with van der Waals surface area (Å²) in [7, 11) is 0. The van der Waals surface area contributed by atoms with Crippen molar-refractivity contribution in [3.05, 3.63) is 39.0 Å². The Morgan fingerprint density at radius 2 is 2.19 bits per heavy atom. The third-order valence-corrected chi connectivity index (χ3v) is 3.82. The second kappa shape index (κ2) is 5.09. The summed E-state index contributed by atoms with van der Waals surface area (Å²) < 4.78 is 1.46. The summed E-state index contributed by atoms with van der Waals surface area (Å²) in [6.07, 6.45) is 0. The van der Waals surface area contributed by atoms with Crippen molar-refractivity contribution in [1.82, 2.24) is 24.7 Å². The third kappa shape index (κ3) is 2.42. The first-order valence-electron chi connectivity index (χ1n) is 6.21.